The van der Waals surface area contributed by atoms with Gasteiger partial charge in [-0.25, -0.2) is 5.43 Å². The molecular weight excluding hydrogens is 278 g/mol. The van der Waals surface area contributed by atoms with E-state index in [1.54, 1.807) is 18.2 Å². The third kappa shape index (κ3) is 4.18. The van der Waals surface area contributed by atoms with Gasteiger partial charge in [-0.05, 0) is 23.8 Å². The summed E-state index contributed by atoms with van der Waals surface area (Å²) in [6.07, 6.45) is 1.41. The van der Waals surface area contributed by atoms with E-state index < -0.39 is 11.8 Å². The van der Waals surface area contributed by atoms with E-state index in [1.807, 2.05) is 0 Å². The molecule has 0 bridgehead atoms. The summed E-state index contributed by atoms with van der Waals surface area (Å²) in [5.41, 5.74) is 2.84. The van der Waals surface area contributed by atoms with Gasteiger partial charge in [0, 0.05) is 13.7 Å². The van der Waals surface area contributed by atoms with Gasteiger partial charge < -0.3 is 19.5 Å². The van der Waals surface area contributed by atoms with E-state index in [4.69, 9.17) is 14.2 Å². The minimum Gasteiger partial charge on any atom is -0.454 e. The van der Waals surface area contributed by atoms with Gasteiger partial charge in [0.05, 0.1) is 12.8 Å². The summed E-state index contributed by atoms with van der Waals surface area (Å²) < 4.78 is 15.1. The van der Waals surface area contributed by atoms with Gasteiger partial charge in [-0.1, -0.05) is 0 Å². The van der Waals surface area contributed by atoms with Crippen LogP contribution in [0, 0.1) is 0 Å². The molecule has 1 heterocycles. The first kappa shape index (κ1) is 14.8. The lowest BCUT2D eigenvalue weighted by Gasteiger charge is -2.02. The van der Waals surface area contributed by atoms with E-state index >= 15 is 0 Å². The number of amides is 2. The number of ether oxygens (including phenoxy) is 3. The molecule has 1 aromatic rings. The van der Waals surface area contributed by atoms with Crippen molar-refractivity contribution >= 4 is 18.0 Å². The molecule has 1 aromatic carbocycles. The summed E-state index contributed by atoms with van der Waals surface area (Å²) in [6.45, 7) is 0.780. The van der Waals surface area contributed by atoms with Crippen molar-refractivity contribution in [2.75, 3.05) is 27.1 Å². The van der Waals surface area contributed by atoms with E-state index in [0.29, 0.717) is 23.7 Å². The van der Waals surface area contributed by atoms with Crippen molar-refractivity contribution in [3.8, 4) is 11.5 Å². The van der Waals surface area contributed by atoms with Crippen LogP contribution in [-0.4, -0.2) is 45.1 Å². The fourth-order valence-corrected chi connectivity index (χ4v) is 1.56. The fraction of sp³-hybridized carbons (Fsp3) is 0.308. The topological polar surface area (TPSA) is 98.2 Å². The zero-order valence-electron chi connectivity index (χ0n) is 11.4. The zero-order valence-corrected chi connectivity index (χ0v) is 11.4. The number of hydrazone groups is 1. The standard InChI is InChI=1S/C13H15N3O5/c1-19-5-4-14-12(17)13(18)16-15-7-9-2-3-10-11(6-9)21-8-20-10/h2-3,6-7H,4-5,8H2,1H3,(H,14,17)(H,16,18). The van der Waals surface area contributed by atoms with Crippen LogP contribution >= 0.6 is 0 Å². The monoisotopic (exact) mass is 293 g/mol. The van der Waals surface area contributed by atoms with Crippen LogP contribution in [0.15, 0.2) is 23.3 Å². The number of carbonyl (C=O) groups is 2. The maximum absolute atomic E-state index is 11.4. The zero-order chi connectivity index (χ0) is 15.1. The quantitative estimate of drug-likeness (QED) is 0.334. The highest BCUT2D eigenvalue weighted by molar-refractivity contribution is 6.35. The molecule has 2 rings (SSSR count). The number of carbonyl (C=O) groups excluding carboxylic acids is 2. The summed E-state index contributed by atoms with van der Waals surface area (Å²) >= 11 is 0. The Bertz CT molecular complexity index is 559. The van der Waals surface area contributed by atoms with Crippen LogP contribution in [-0.2, 0) is 14.3 Å². The minimum atomic E-state index is -0.844. The molecule has 0 saturated carbocycles. The number of hydrogen-bond donors (Lipinski definition) is 2. The number of nitrogens with one attached hydrogen (secondary N) is 2. The number of nitrogens with zero attached hydrogens (tertiary/aromatic N) is 1. The van der Waals surface area contributed by atoms with Crippen LogP contribution in [0.5, 0.6) is 11.5 Å². The van der Waals surface area contributed by atoms with Crippen molar-refractivity contribution in [3.05, 3.63) is 23.8 Å². The summed E-state index contributed by atoms with van der Waals surface area (Å²) in [7, 11) is 1.50. The molecular formula is C13H15N3O5. The average Bonchev–Trinajstić information content (AvgIpc) is 2.94. The summed E-state index contributed by atoms with van der Waals surface area (Å²) in [6, 6.07) is 5.21. The Kier molecular flexibility index (Phi) is 5.10. The molecule has 1 aliphatic rings. The normalized spacial score (nSPS) is 12.4. The smallest absolute Gasteiger partial charge is 0.329 e. The van der Waals surface area contributed by atoms with Crippen molar-refractivity contribution in [2.24, 2.45) is 5.10 Å². The molecule has 0 atom stereocenters. The van der Waals surface area contributed by atoms with E-state index in [1.165, 1.54) is 13.3 Å². The van der Waals surface area contributed by atoms with Crippen LogP contribution in [0.1, 0.15) is 5.56 Å². The third-order valence-electron chi connectivity index (χ3n) is 2.57. The lowest BCUT2D eigenvalue weighted by Crippen LogP contribution is -2.39. The summed E-state index contributed by atoms with van der Waals surface area (Å²) in [5.74, 6) is -0.339. The fourth-order valence-electron chi connectivity index (χ4n) is 1.56. The Morgan fingerprint density at radius 2 is 2.14 bits per heavy atom. The van der Waals surface area contributed by atoms with Crippen molar-refractivity contribution < 1.29 is 23.8 Å². The first-order valence-corrected chi connectivity index (χ1v) is 6.20. The van der Waals surface area contributed by atoms with Crippen LogP contribution in [0.2, 0.25) is 0 Å². The highest BCUT2D eigenvalue weighted by atomic mass is 16.7. The van der Waals surface area contributed by atoms with Crippen LogP contribution < -0.4 is 20.2 Å². The van der Waals surface area contributed by atoms with Crippen LogP contribution in [0.25, 0.3) is 0 Å². The van der Waals surface area contributed by atoms with Gasteiger partial charge >= 0.3 is 11.8 Å². The number of hydrogen-bond acceptors (Lipinski definition) is 6. The molecule has 0 fully saturated rings. The maximum atomic E-state index is 11.4. The summed E-state index contributed by atoms with van der Waals surface area (Å²) in [4.78, 5) is 22.7. The lowest BCUT2D eigenvalue weighted by atomic mass is 10.2. The molecule has 2 amide bonds. The van der Waals surface area contributed by atoms with Gasteiger partial charge in [0.25, 0.3) is 0 Å². The van der Waals surface area contributed by atoms with E-state index in [2.05, 4.69) is 15.8 Å². The molecule has 21 heavy (non-hydrogen) atoms. The molecule has 2 N–H and O–H groups in total. The number of methoxy groups -OCH3 is 1. The predicted molar refractivity (Wildman–Crippen MR) is 73.2 cm³/mol. The second kappa shape index (κ2) is 7.25. The first-order chi connectivity index (χ1) is 10.2. The van der Waals surface area contributed by atoms with Crippen molar-refractivity contribution in [2.45, 2.75) is 0 Å². The molecule has 0 spiro atoms. The second-order valence-corrected chi connectivity index (χ2v) is 4.06. The Morgan fingerprint density at radius 1 is 1.33 bits per heavy atom. The number of benzene rings is 1. The Balaban J connectivity index is 1.82. The Morgan fingerprint density at radius 3 is 2.95 bits per heavy atom. The van der Waals surface area contributed by atoms with E-state index in [-0.39, 0.29) is 13.3 Å². The van der Waals surface area contributed by atoms with Gasteiger partial charge in [0.1, 0.15) is 0 Å². The summed E-state index contributed by atoms with van der Waals surface area (Å²) in [5, 5.41) is 6.08. The average molecular weight is 293 g/mol. The van der Waals surface area contributed by atoms with Crippen LogP contribution in [0.4, 0.5) is 0 Å². The highest BCUT2D eigenvalue weighted by Crippen LogP contribution is 2.31. The molecule has 0 unspecified atom stereocenters. The second-order valence-electron chi connectivity index (χ2n) is 4.06. The predicted octanol–water partition coefficient (Wildman–Crippen LogP) is -0.372. The molecule has 8 nitrogen and oxygen atoms in total. The lowest BCUT2D eigenvalue weighted by molar-refractivity contribution is -0.139. The molecule has 0 saturated heterocycles. The Labute approximate surface area is 121 Å². The first-order valence-electron chi connectivity index (χ1n) is 6.20. The van der Waals surface area contributed by atoms with E-state index in [9.17, 15) is 9.59 Å². The Hall–Kier alpha value is -2.61. The molecule has 112 valence electrons. The third-order valence-corrected chi connectivity index (χ3v) is 2.57. The van der Waals surface area contributed by atoms with Gasteiger partial charge in [0.15, 0.2) is 11.5 Å². The maximum Gasteiger partial charge on any atom is 0.329 e. The molecule has 8 heteroatoms. The minimum absolute atomic E-state index is 0.189. The highest BCUT2D eigenvalue weighted by Gasteiger charge is 2.13. The van der Waals surface area contributed by atoms with Crippen molar-refractivity contribution in [3.63, 3.8) is 0 Å². The van der Waals surface area contributed by atoms with Gasteiger partial charge in [-0.3, -0.25) is 9.59 Å². The largest absolute Gasteiger partial charge is 0.454 e. The SMILES string of the molecule is COCCNC(=O)C(=O)NN=Cc1ccc2c(c1)OCO2. The number of rotatable bonds is 5. The molecule has 1 aliphatic heterocycles. The number of fused-ring (bicyclic) bond motifs is 1. The molecule has 0 aromatic heterocycles. The van der Waals surface area contributed by atoms with Gasteiger partial charge in [-0.2, -0.15) is 5.10 Å². The van der Waals surface area contributed by atoms with Gasteiger partial charge in [-0.15, -0.1) is 0 Å². The van der Waals surface area contributed by atoms with E-state index in [0.717, 1.165) is 0 Å². The molecule has 0 radical (unpaired) electrons. The van der Waals surface area contributed by atoms with Crippen molar-refractivity contribution in [1.29, 1.82) is 0 Å². The van der Waals surface area contributed by atoms with Crippen molar-refractivity contribution in [1.82, 2.24) is 10.7 Å². The van der Waals surface area contributed by atoms with Crippen LogP contribution in [0.3, 0.4) is 0 Å². The molecule has 0 aliphatic carbocycles. The van der Waals surface area contributed by atoms with Gasteiger partial charge in [0.2, 0.25) is 6.79 Å².